The summed E-state index contributed by atoms with van der Waals surface area (Å²) in [5.74, 6) is -1.12. The minimum atomic E-state index is -4.62. The molecule has 33 heavy (non-hydrogen) atoms. The Labute approximate surface area is 192 Å². The van der Waals surface area contributed by atoms with Gasteiger partial charge in [-0.2, -0.15) is 13.2 Å². The number of nitrogens with one attached hydrogen (secondary N) is 1. The molecule has 11 heteroatoms. The van der Waals surface area contributed by atoms with Crippen LogP contribution in [0.1, 0.15) is 46.0 Å². The molecule has 2 atom stereocenters. The van der Waals surface area contributed by atoms with E-state index in [1.165, 1.54) is 11.3 Å². The minimum Gasteiger partial charge on any atom is -0.488 e. The summed E-state index contributed by atoms with van der Waals surface area (Å²) in [6, 6.07) is 4.56. The molecule has 0 aliphatic carbocycles. The number of alkyl halides is 3. The number of hydrogen-bond acceptors (Lipinski definition) is 7. The van der Waals surface area contributed by atoms with Crippen LogP contribution in [0, 0.1) is 6.92 Å². The summed E-state index contributed by atoms with van der Waals surface area (Å²) in [4.78, 5) is 25.1. The lowest BCUT2D eigenvalue weighted by molar-refractivity contribution is -0.145. The Morgan fingerprint density at radius 1 is 1.21 bits per heavy atom. The molecule has 0 bridgehead atoms. The van der Waals surface area contributed by atoms with Crippen LogP contribution in [0.2, 0.25) is 0 Å². The first kappa shape index (κ1) is 23.1. The fourth-order valence-corrected chi connectivity index (χ4v) is 4.03. The highest BCUT2D eigenvalue weighted by atomic mass is 32.1. The van der Waals surface area contributed by atoms with Gasteiger partial charge in [-0.15, -0.1) is 11.3 Å². The predicted octanol–water partition coefficient (Wildman–Crippen LogP) is 4.59. The minimum absolute atomic E-state index is 0.0996. The number of carbonyl (C=O) groups excluding carboxylic acids is 1. The molecule has 3 aromatic rings. The summed E-state index contributed by atoms with van der Waals surface area (Å²) >= 11 is 1.50. The molecule has 1 fully saturated rings. The van der Waals surface area contributed by atoms with Gasteiger partial charge in [0.15, 0.2) is 0 Å². The van der Waals surface area contributed by atoms with Crippen molar-refractivity contribution in [2.24, 2.45) is 0 Å². The van der Waals surface area contributed by atoms with Crippen molar-refractivity contribution in [3.8, 4) is 16.3 Å². The largest absolute Gasteiger partial charge is 0.488 e. The molecule has 7 nitrogen and oxygen atoms in total. The van der Waals surface area contributed by atoms with E-state index in [0.29, 0.717) is 30.1 Å². The van der Waals surface area contributed by atoms with Crippen LogP contribution >= 0.6 is 11.3 Å². The summed E-state index contributed by atoms with van der Waals surface area (Å²) in [6.07, 6.45) is -0.0931. The van der Waals surface area contributed by atoms with Crippen LogP contribution < -0.4 is 10.1 Å². The topological polar surface area (TPSA) is 86.2 Å². The Balaban J connectivity index is 1.56. The number of aryl methyl sites for hydroxylation is 1. The van der Waals surface area contributed by atoms with Gasteiger partial charge in [0.2, 0.25) is 5.82 Å². The van der Waals surface area contributed by atoms with Gasteiger partial charge in [0, 0.05) is 46.6 Å². The number of aromatic nitrogens is 3. The number of thiazole rings is 1. The van der Waals surface area contributed by atoms with E-state index in [0.717, 1.165) is 34.3 Å². The van der Waals surface area contributed by atoms with Gasteiger partial charge in [-0.05, 0) is 32.0 Å². The molecule has 1 saturated heterocycles. The molecule has 1 aliphatic heterocycles. The first-order valence-corrected chi connectivity index (χ1v) is 11.0. The molecule has 0 saturated carbocycles. The van der Waals surface area contributed by atoms with Crippen LogP contribution in [0.15, 0.2) is 36.8 Å². The number of ether oxygens (including phenoxy) is 2. The normalized spacial score (nSPS) is 17.1. The first-order valence-electron chi connectivity index (χ1n) is 10.2. The van der Waals surface area contributed by atoms with Gasteiger partial charge >= 0.3 is 6.18 Å². The Hall–Kier alpha value is -3.05. The molecule has 1 aliphatic rings. The van der Waals surface area contributed by atoms with Crippen molar-refractivity contribution in [2.45, 2.75) is 38.6 Å². The van der Waals surface area contributed by atoms with Gasteiger partial charge in [-0.3, -0.25) is 4.79 Å². The maximum Gasteiger partial charge on any atom is 0.451 e. The van der Waals surface area contributed by atoms with E-state index in [-0.39, 0.29) is 6.10 Å². The molecule has 1 amide bonds. The van der Waals surface area contributed by atoms with Crippen LogP contribution in [0.4, 0.5) is 13.2 Å². The summed E-state index contributed by atoms with van der Waals surface area (Å²) in [5, 5.41) is 3.53. The van der Waals surface area contributed by atoms with Crippen molar-refractivity contribution in [3.63, 3.8) is 0 Å². The fourth-order valence-electron chi connectivity index (χ4n) is 3.28. The van der Waals surface area contributed by atoms with E-state index in [9.17, 15) is 18.0 Å². The van der Waals surface area contributed by atoms with E-state index in [2.05, 4.69) is 20.3 Å². The molecule has 4 rings (SSSR count). The summed E-state index contributed by atoms with van der Waals surface area (Å²) in [5.41, 5.74) is 1.43. The van der Waals surface area contributed by atoms with Crippen LogP contribution in [0.5, 0.6) is 5.75 Å². The number of hydrogen-bond donors (Lipinski definition) is 1. The molecule has 2 aromatic heterocycles. The number of amides is 1. The van der Waals surface area contributed by atoms with Gasteiger partial charge < -0.3 is 14.8 Å². The average molecular weight is 478 g/mol. The second-order valence-corrected chi connectivity index (χ2v) is 8.89. The zero-order valence-electron chi connectivity index (χ0n) is 17.8. The van der Waals surface area contributed by atoms with E-state index >= 15 is 0 Å². The monoisotopic (exact) mass is 478 g/mol. The van der Waals surface area contributed by atoms with Gasteiger partial charge in [-0.25, -0.2) is 15.0 Å². The van der Waals surface area contributed by atoms with E-state index in [4.69, 9.17) is 9.47 Å². The lowest BCUT2D eigenvalue weighted by Gasteiger charge is -2.17. The second-order valence-electron chi connectivity index (χ2n) is 7.66. The van der Waals surface area contributed by atoms with Crippen molar-refractivity contribution in [1.82, 2.24) is 20.3 Å². The van der Waals surface area contributed by atoms with Crippen LogP contribution in [-0.2, 0) is 10.9 Å². The standard InChI is InChI=1S/C22H21F3N4O3S/c1-12-8-26-20(33-12)15-5-14(6-18(7-15)32-17-3-4-31-11-17)19(30)29-13(2)16-9-27-21(28-10-16)22(23,24)25/h5-10,13,17H,3-4,11H2,1-2H3,(H,29,30). The van der Waals surface area contributed by atoms with Gasteiger partial charge in [0.1, 0.15) is 16.9 Å². The molecule has 1 N–H and O–H groups in total. The Bertz CT molecular complexity index is 1130. The number of nitrogens with zero attached hydrogens (tertiary/aromatic N) is 3. The summed E-state index contributed by atoms with van der Waals surface area (Å²) < 4.78 is 49.5. The van der Waals surface area contributed by atoms with Crippen LogP contribution in [0.3, 0.4) is 0 Å². The molecule has 0 spiro atoms. The smallest absolute Gasteiger partial charge is 0.451 e. The number of rotatable bonds is 6. The van der Waals surface area contributed by atoms with E-state index in [1.807, 2.05) is 13.0 Å². The summed E-state index contributed by atoms with van der Waals surface area (Å²) in [6.45, 7) is 4.69. The number of halogens is 3. The van der Waals surface area contributed by atoms with Crippen molar-refractivity contribution in [3.05, 3.63) is 58.6 Å². The lowest BCUT2D eigenvalue weighted by atomic mass is 10.1. The highest BCUT2D eigenvalue weighted by molar-refractivity contribution is 7.14. The van der Waals surface area contributed by atoms with Gasteiger partial charge in [0.25, 0.3) is 5.91 Å². The van der Waals surface area contributed by atoms with E-state index in [1.54, 1.807) is 25.3 Å². The quantitative estimate of drug-likeness (QED) is 0.558. The zero-order valence-corrected chi connectivity index (χ0v) is 18.7. The van der Waals surface area contributed by atoms with Crippen molar-refractivity contribution in [2.75, 3.05) is 13.2 Å². The Kier molecular flexibility index (Phi) is 6.61. The first-order chi connectivity index (χ1) is 15.7. The highest BCUT2D eigenvalue weighted by Gasteiger charge is 2.34. The third-order valence-electron chi connectivity index (χ3n) is 5.00. The molecule has 3 heterocycles. The third kappa shape index (κ3) is 5.66. The fraction of sp³-hybridized carbons (Fsp3) is 0.364. The van der Waals surface area contributed by atoms with Crippen molar-refractivity contribution < 1.29 is 27.4 Å². The van der Waals surface area contributed by atoms with Crippen molar-refractivity contribution >= 4 is 17.2 Å². The Morgan fingerprint density at radius 2 is 1.97 bits per heavy atom. The average Bonchev–Trinajstić information content (AvgIpc) is 3.44. The molecule has 1 aromatic carbocycles. The third-order valence-corrected chi connectivity index (χ3v) is 5.96. The summed E-state index contributed by atoms with van der Waals surface area (Å²) in [7, 11) is 0. The molecule has 174 valence electrons. The highest BCUT2D eigenvalue weighted by Crippen LogP contribution is 2.31. The van der Waals surface area contributed by atoms with E-state index < -0.39 is 23.9 Å². The Morgan fingerprint density at radius 3 is 2.58 bits per heavy atom. The zero-order chi connectivity index (χ0) is 23.6. The van der Waals surface area contributed by atoms with Crippen LogP contribution in [0.25, 0.3) is 10.6 Å². The maximum atomic E-state index is 13.0. The molecule has 0 radical (unpaired) electrons. The predicted molar refractivity (Wildman–Crippen MR) is 115 cm³/mol. The molecular weight excluding hydrogens is 457 g/mol. The number of benzene rings is 1. The second kappa shape index (κ2) is 9.44. The maximum absolute atomic E-state index is 13.0. The van der Waals surface area contributed by atoms with Crippen molar-refractivity contribution in [1.29, 1.82) is 0 Å². The van der Waals surface area contributed by atoms with Gasteiger partial charge in [0.05, 0.1) is 19.3 Å². The SMILES string of the molecule is Cc1cnc(-c2cc(OC3CCOC3)cc(C(=O)NC(C)c3cnc(C(F)(F)F)nc3)c2)s1. The molecular formula is C22H21F3N4O3S. The number of carbonyl (C=O) groups is 1. The molecule has 2 unspecified atom stereocenters. The van der Waals surface area contributed by atoms with Crippen LogP contribution in [-0.4, -0.2) is 40.2 Å². The lowest BCUT2D eigenvalue weighted by Crippen LogP contribution is -2.27. The van der Waals surface area contributed by atoms with Gasteiger partial charge in [-0.1, -0.05) is 0 Å².